The Morgan fingerprint density at radius 3 is 2.81 bits per heavy atom. The molecule has 1 amide bonds. The number of fused-ring (bicyclic) bond motifs is 1. The highest BCUT2D eigenvalue weighted by Crippen LogP contribution is 2.25. The molecular formula is C20H22N4O3. The monoisotopic (exact) mass is 366 g/mol. The van der Waals surface area contributed by atoms with Crippen molar-refractivity contribution in [1.29, 1.82) is 0 Å². The second kappa shape index (κ2) is 7.36. The molecule has 0 aliphatic carbocycles. The zero-order valence-corrected chi connectivity index (χ0v) is 15.2. The van der Waals surface area contributed by atoms with Crippen LogP contribution in [-0.2, 0) is 11.3 Å². The molecule has 0 spiro atoms. The summed E-state index contributed by atoms with van der Waals surface area (Å²) in [6.45, 7) is 2.07. The van der Waals surface area contributed by atoms with Gasteiger partial charge in [-0.05, 0) is 30.7 Å². The molecule has 1 saturated heterocycles. The second-order valence-corrected chi connectivity index (χ2v) is 6.70. The van der Waals surface area contributed by atoms with Gasteiger partial charge in [0.1, 0.15) is 0 Å². The van der Waals surface area contributed by atoms with Crippen LogP contribution in [0.25, 0.3) is 11.2 Å². The minimum atomic E-state index is -0.0974. The van der Waals surface area contributed by atoms with Crippen molar-refractivity contribution in [2.75, 3.05) is 26.8 Å². The van der Waals surface area contributed by atoms with Crippen LogP contribution in [0.1, 0.15) is 22.8 Å². The molecular weight excluding hydrogens is 344 g/mol. The molecule has 1 atom stereocenters. The molecule has 0 saturated carbocycles. The molecule has 1 aliphatic rings. The van der Waals surface area contributed by atoms with E-state index in [0.29, 0.717) is 37.5 Å². The highest BCUT2D eigenvalue weighted by atomic mass is 16.5. The number of carbonyl (C=O) groups is 1. The van der Waals surface area contributed by atoms with Gasteiger partial charge in [-0.1, -0.05) is 18.2 Å². The molecule has 4 rings (SSSR count). The van der Waals surface area contributed by atoms with Crippen LogP contribution in [0.5, 0.6) is 0 Å². The van der Waals surface area contributed by atoms with Crippen molar-refractivity contribution in [2.45, 2.75) is 19.0 Å². The smallest absolute Gasteiger partial charge is 0.330 e. The lowest BCUT2D eigenvalue weighted by molar-refractivity contribution is 0.0787. The number of ether oxygens (including phenoxy) is 1. The molecule has 7 nitrogen and oxygen atoms in total. The first-order valence-corrected chi connectivity index (χ1v) is 9.09. The van der Waals surface area contributed by atoms with Gasteiger partial charge in [0.05, 0.1) is 24.7 Å². The van der Waals surface area contributed by atoms with Crippen LogP contribution < -0.4 is 5.69 Å². The van der Waals surface area contributed by atoms with Crippen LogP contribution in [-0.4, -0.2) is 51.7 Å². The first kappa shape index (κ1) is 17.5. The van der Waals surface area contributed by atoms with Gasteiger partial charge in [0.2, 0.25) is 0 Å². The SMILES string of the molecule is COCCn1c(=O)n([C@@H]2CCN(C(=O)c3ccccc3)C2)c2ncccc21. The van der Waals surface area contributed by atoms with E-state index in [1.165, 1.54) is 0 Å². The standard InChI is InChI=1S/C20H22N4O3/c1-27-13-12-23-17-8-5-10-21-18(17)24(20(23)26)16-9-11-22(14-16)19(25)15-6-3-2-4-7-15/h2-8,10,16H,9,11-14H2,1H3/t16-/m1/s1. The molecule has 27 heavy (non-hydrogen) atoms. The highest BCUT2D eigenvalue weighted by Gasteiger charge is 2.31. The number of carbonyl (C=O) groups excluding carboxylic acids is 1. The predicted octanol–water partition coefficient (Wildman–Crippen LogP) is 1.93. The van der Waals surface area contributed by atoms with E-state index in [2.05, 4.69) is 4.98 Å². The van der Waals surface area contributed by atoms with Gasteiger partial charge in [0, 0.05) is 32.0 Å². The number of benzene rings is 1. The third-order valence-corrected chi connectivity index (χ3v) is 5.08. The largest absolute Gasteiger partial charge is 0.383 e. The van der Waals surface area contributed by atoms with E-state index in [0.717, 1.165) is 11.9 Å². The zero-order chi connectivity index (χ0) is 18.8. The summed E-state index contributed by atoms with van der Waals surface area (Å²) in [5.74, 6) is 0.00206. The fourth-order valence-electron chi connectivity index (χ4n) is 3.74. The van der Waals surface area contributed by atoms with E-state index in [4.69, 9.17) is 4.74 Å². The summed E-state index contributed by atoms with van der Waals surface area (Å²) in [7, 11) is 1.62. The Labute approximate surface area is 156 Å². The molecule has 0 N–H and O–H groups in total. The molecule has 0 bridgehead atoms. The van der Waals surface area contributed by atoms with E-state index in [-0.39, 0.29) is 17.6 Å². The Morgan fingerprint density at radius 2 is 2.04 bits per heavy atom. The lowest BCUT2D eigenvalue weighted by Gasteiger charge is -2.17. The van der Waals surface area contributed by atoms with E-state index in [1.807, 2.05) is 47.4 Å². The number of pyridine rings is 1. The van der Waals surface area contributed by atoms with E-state index in [9.17, 15) is 9.59 Å². The number of aromatic nitrogens is 3. The molecule has 140 valence electrons. The molecule has 2 aromatic heterocycles. The summed E-state index contributed by atoms with van der Waals surface area (Å²) in [6.07, 6.45) is 2.43. The van der Waals surface area contributed by atoms with Crippen molar-refractivity contribution in [3.05, 3.63) is 64.7 Å². The Kier molecular flexibility index (Phi) is 4.77. The van der Waals surface area contributed by atoms with Gasteiger partial charge in [-0.3, -0.25) is 13.9 Å². The summed E-state index contributed by atoms with van der Waals surface area (Å²) in [5, 5.41) is 0. The van der Waals surface area contributed by atoms with Crippen LogP contribution in [0, 0.1) is 0 Å². The average molecular weight is 366 g/mol. The maximum absolute atomic E-state index is 13.1. The van der Waals surface area contributed by atoms with Crippen LogP contribution in [0.2, 0.25) is 0 Å². The minimum Gasteiger partial charge on any atom is -0.383 e. The molecule has 3 heterocycles. The van der Waals surface area contributed by atoms with E-state index < -0.39 is 0 Å². The number of methoxy groups -OCH3 is 1. The minimum absolute atomic E-state index is 0.00206. The first-order valence-electron chi connectivity index (χ1n) is 9.09. The van der Waals surface area contributed by atoms with Gasteiger partial charge in [0.15, 0.2) is 5.65 Å². The normalized spacial score (nSPS) is 16.9. The average Bonchev–Trinajstić information content (AvgIpc) is 3.29. The second-order valence-electron chi connectivity index (χ2n) is 6.70. The van der Waals surface area contributed by atoms with Gasteiger partial charge in [-0.25, -0.2) is 9.78 Å². The van der Waals surface area contributed by atoms with Crippen molar-refractivity contribution in [1.82, 2.24) is 19.0 Å². The molecule has 1 fully saturated rings. The Hall–Kier alpha value is -2.93. The van der Waals surface area contributed by atoms with Crippen molar-refractivity contribution in [2.24, 2.45) is 0 Å². The molecule has 3 aromatic rings. The fraction of sp³-hybridized carbons (Fsp3) is 0.350. The Bertz CT molecular complexity index is 1010. The van der Waals surface area contributed by atoms with Crippen molar-refractivity contribution < 1.29 is 9.53 Å². The van der Waals surface area contributed by atoms with Gasteiger partial charge >= 0.3 is 5.69 Å². The Morgan fingerprint density at radius 1 is 1.22 bits per heavy atom. The molecule has 7 heteroatoms. The topological polar surface area (TPSA) is 69.4 Å². The number of rotatable bonds is 5. The van der Waals surface area contributed by atoms with Crippen LogP contribution in [0.4, 0.5) is 0 Å². The maximum Gasteiger partial charge on any atom is 0.330 e. The van der Waals surface area contributed by atoms with Crippen molar-refractivity contribution >= 4 is 17.1 Å². The van der Waals surface area contributed by atoms with Crippen molar-refractivity contribution in [3.8, 4) is 0 Å². The Balaban J connectivity index is 1.65. The first-order chi connectivity index (χ1) is 13.2. The summed E-state index contributed by atoms with van der Waals surface area (Å²) >= 11 is 0. The molecule has 0 radical (unpaired) electrons. The number of imidazole rings is 1. The van der Waals surface area contributed by atoms with Crippen LogP contribution >= 0.6 is 0 Å². The maximum atomic E-state index is 13.1. The number of nitrogens with zero attached hydrogens (tertiary/aromatic N) is 4. The van der Waals surface area contributed by atoms with Crippen molar-refractivity contribution in [3.63, 3.8) is 0 Å². The lowest BCUT2D eigenvalue weighted by Crippen LogP contribution is -2.32. The van der Waals surface area contributed by atoms with Crippen LogP contribution in [0.15, 0.2) is 53.5 Å². The van der Waals surface area contributed by atoms with Gasteiger partial charge in [-0.15, -0.1) is 0 Å². The molecule has 1 aromatic carbocycles. The summed E-state index contributed by atoms with van der Waals surface area (Å²) < 4.78 is 8.58. The molecule has 1 aliphatic heterocycles. The number of hydrogen-bond acceptors (Lipinski definition) is 4. The summed E-state index contributed by atoms with van der Waals surface area (Å²) in [4.78, 5) is 32.0. The molecule has 0 unspecified atom stereocenters. The quantitative estimate of drug-likeness (QED) is 0.692. The van der Waals surface area contributed by atoms with Gasteiger partial charge in [0.25, 0.3) is 5.91 Å². The summed E-state index contributed by atoms with van der Waals surface area (Å²) in [6, 6.07) is 12.9. The third-order valence-electron chi connectivity index (χ3n) is 5.08. The number of likely N-dealkylation sites (tertiary alicyclic amines) is 1. The third kappa shape index (κ3) is 3.14. The van der Waals surface area contributed by atoms with Gasteiger partial charge < -0.3 is 9.64 Å². The summed E-state index contributed by atoms with van der Waals surface area (Å²) in [5.41, 5.74) is 2.04. The fourth-order valence-corrected chi connectivity index (χ4v) is 3.74. The van der Waals surface area contributed by atoms with Gasteiger partial charge in [-0.2, -0.15) is 0 Å². The van der Waals surface area contributed by atoms with E-state index >= 15 is 0 Å². The predicted molar refractivity (Wildman–Crippen MR) is 102 cm³/mol. The number of amides is 1. The van der Waals surface area contributed by atoms with Crippen LogP contribution in [0.3, 0.4) is 0 Å². The number of hydrogen-bond donors (Lipinski definition) is 0. The highest BCUT2D eigenvalue weighted by molar-refractivity contribution is 5.94. The van der Waals surface area contributed by atoms with E-state index in [1.54, 1.807) is 22.4 Å². The lowest BCUT2D eigenvalue weighted by atomic mass is 10.2. The zero-order valence-electron chi connectivity index (χ0n) is 15.2.